The van der Waals surface area contributed by atoms with Gasteiger partial charge in [-0.3, -0.25) is 4.79 Å². The summed E-state index contributed by atoms with van der Waals surface area (Å²) in [7, 11) is 1.64. The van der Waals surface area contributed by atoms with Gasteiger partial charge in [0.1, 0.15) is 22.9 Å². The molecule has 0 aliphatic carbocycles. The standard InChI is InChI=1S/C19H20N4O3/c1-12-18(13(2)26-21-12)19(24)23-11-17-20-8-9-22(17)10-16(23)14-4-6-15(25-3)7-5-14/h4-9,16H,10-11H2,1-3H3/t16-/m0/s1. The number of hydrogen-bond donors (Lipinski definition) is 0. The third kappa shape index (κ3) is 2.65. The lowest BCUT2D eigenvalue weighted by atomic mass is 10.0. The second-order valence-corrected chi connectivity index (χ2v) is 6.42. The predicted octanol–water partition coefficient (Wildman–Crippen LogP) is 2.89. The van der Waals surface area contributed by atoms with Crippen LogP contribution in [0.3, 0.4) is 0 Å². The molecule has 0 saturated heterocycles. The average Bonchev–Trinajstić information content (AvgIpc) is 3.26. The Morgan fingerprint density at radius 1 is 1.27 bits per heavy atom. The number of fused-ring (bicyclic) bond motifs is 1. The monoisotopic (exact) mass is 352 g/mol. The topological polar surface area (TPSA) is 73.4 Å². The average molecular weight is 352 g/mol. The van der Waals surface area contributed by atoms with Crippen LogP contribution in [-0.4, -0.2) is 32.6 Å². The van der Waals surface area contributed by atoms with Gasteiger partial charge in [0.25, 0.3) is 5.91 Å². The van der Waals surface area contributed by atoms with Gasteiger partial charge in [0.05, 0.1) is 25.4 Å². The summed E-state index contributed by atoms with van der Waals surface area (Å²) in [4.78, 5) is 19.5. The van der Waals surface area contributed by atoms with Crippen molar-refractivity contribution in [1.82, 2.24) is 19.6 Å². The maximum Gasteiger partial charge on any atom is 0.260 e. The van der Waals surface area contributed by atoms with E-state index in [0.29, 0.717) is 30.1 Å². The van der Waals surface area contributed by atoms with Crippen molar-refractivity contribution in [3.8, 4) is 5.75 Å². The lowest BCUT2D eigenvalue weighted by Crippen LogP contribution is -2.41. The summed E-state index contributed by atoms with van der Waals surface area (Å²) >= 11 is 0. The van der Waals surface area contributed by atoms with Gasteiger partial charge in [0, 0.05) is 18.9 Å². The van der Waals surface area contributed by atoms with E-state index >= 15 is 0 Å². The van der Waals surface area contributed by atoms with Crippen LogP contribution in [0.1, 0.15) is 39.2 Å². The Balaban J connectivity index is 1.75. The number of carbonyl (C=O) groups excluding carboxylic acids is 1. The molecule has 1 aliphatic heterocycles. The predicted molar refractivity (Wildman–Crippen MR) is 93.8 cm³/mol. The molecule has 0 unspecified atom stereocenters. The normalized spacial score (nSPS) is 16.4. The van der Waals surface area contributed by atoms with Crippen LogP contribution in [0.2, 0.25) is 0 Å². The molecule has 1 aromatic carbocycles. The molecule has 0 bridgehead atoms. The zero-order chi connectivity index (χ0) is 18.3. The van der Waals surface area contributed by atoms with Gasteiger partial charge < -0.3 is 18.7 Å². The number of carbonyl (C=O) groups is 1. The van der Waals surface area contributed by atoms with Crippen LogP contribution < -0.4 is 4.74 Å². The lowest BCUT2D eigenvalue weighted by Gasteiger charge is -2.36. The Bertz CT molecular complexity index is 923. The van der Waals surface area contributed by atoms with Crippen LogP contribution in [0.5, 0.6) is 5.75 Å². The quantitative estimate of drug-likeness (QED) is 0.725. The summed E-state index contributed by atoms with van der Waals surface area (Å²) in [6.07, 6.45) is 3.72. The number of amides is 1. The first-order chi connectivity index (χ1) is 12.6. The highest BCUT2D eigenvalue weighted by Gasteiger charge is 2.34. The summed E-state index contributed by atoms with van der Waals surface area (Å²) in [5.74, 6) is 2.11. The van der Waals surface area contributed by atoms with Gasteiger partial charge in [-0.05, 0) is 31.5 Å². The maximum atomic E-state index is 13.3. The van der Waals surface area contributed by atoms with Gasteiger partial charge >= 0.3 is 0 Å². The first-order valence-electron chi connectivity index (χ1n) is 8.46. The smallest absolute Gasteiger partial charge is 0.260 e. The molecule has 26 heavy (non-hydrogen) atoms. The van der Waals surface area contributed by atoms with Gasteiger partial charge in [-0.1, -0.05) is 17.3 Å². The zero-order valence-corrected chi connectivity index (χ0v) is 15.0. The van der Waals surface area contributed by atoms with Gasteiger partial charge in [-0.25, -0.2) is 4.98 Å². The largest absolute Gasteiger partial charge is 0.497 e. The molecule has 0 saturated carbocycles. The Morgan fingerprint density at radius 2 is 2.04 bits per heavy atom. The summed E-state index contributed by atoms with van der Waals surface area (Å²) in [5.41, 5.74) is 2.18. The molecular weight excluding hydrogens is 332 g/mol. The van der Waals surface area contributed by atoms with Crippen LogP contribution in [0.4, 0.5) is 0 Å². The first kappa shape index (κ1) is 16.4. The van der Waals surface area contributed by atoms with Crippen molar-refractivity contribution in [3.05, 3.63) is 65.1 Å². The molecule has 4 rings (SSSR count). The molecule has 7 heteroatoms. The van der Waals surface area contributed by atoms with E-state index in [9.17, 15) is 4.79 Å². The van der Waals surface area contributed by atoms with Crippen LogP contribution in [0.15, 0.2) is 41.2 Å². The summed E-state index contributed by atoms with van der Waals surface area (Å²) in [5, 5.41) is 3.93. The molecule has 3 aromatic rings. The van der Waals surface area contributed by atoms with E-state index in [0.717, 1.165) is 17.1 Å². The minimum absolute atomic E-state index is 0.0867. The molecule has 1 amide bonds. The van der Waals surface area contributed by atoms with Crippen LogP contribution >= 0.6 is 0 Å². The van der Waals surface area contributed by atoms with Crippen molar-refractivity contribution in [2.75, 3.05) is 7.11 Å². The fraction of sp³-hybridized carbons (Fsp3) is 0.316. The third-order valence-corrected chi connectivity index (χ3v) is 4.87. The number of aryl methyl sites for hydroxylation is 2. The van der Waals surface area contributed by atoms with E-state index in [1.807, 2.05) is 35.4 Å². The van der Waals surface area contributed by atoms with Gasteiger partial charge in [0.2, 0.25) is 0 Å². The number of imidazole rings is 1. The van der Waals surface area contributed by atoms with Crippen molar-refractivity contribution < 1.29 is 14.1 Å². The minimum atomic E-state index is -0.108. The molecule has 134 valence electrons. The minimum Gasteiger partial charge on any atom is -0.497 e. The Morgan fingerprint density at radius 3 is 2.69 bits per heavy atom. The fourth-order valence-corrected chi connectivity index (χ4v) is 3.46. The van der Waals surface area contributed by atoms with Crippen molar-refractivity contribution in [2.24, 2.45) is 0 Å². The molecule has 0 fully saturated rings. The number of ether oxygens (including phenoxy) is 1. The van der Waals surface area contributed by atoms with Crippen LogP contribution in [0.25, 0.3) is 0 Å². The van der Waals surface area contributed by atoms with Crippen molar-refractivity contribution in [3.63, 3.8) is 0 Å². The molecule has 0 N–H and O–H groups in total. The van der Waals surface area contributed by atoms with Crippen molar-refractivity contribution >= 4 is 5.91 Å². The van der Waals surface area contributed by atoms with Crippen molar-refractivity contribution in [1.29, 1.82) is 0 Å². The first-order valence-corrected chi connectivity index (χ1v) is 8.46. The Hall–Kier alpha value is -3.09. The van der Waals surface area contributed by atoms with E-state index in [1.165, 1.54) is 0 Å². The number of hydrogen-bond acceptors (Lipinski definition) is 5. The summed E-state index contributed by atoms with van der Waals surface area (Å²) < 4.78 is 12.5. The molecule has 2 aromatic heterocycles. The second-order valence-electron chi connectivity index (χ2n) is 6.42. The van der Waals surface area contributed by atoms with Gasteiger partial charge in [-0.15, -0.1) is 0 Å². The van der Waals surface area contributed by atoms with Crippen LogP contribution in [-0.2, 0) is 13.1 Å². The lowest BCUT2D eigenvalue weighted by molar-refractivity contribution is 0.0582. The van der Waals surface area contributed by atoms with E-state index in [2.05, 4.69) is 14.7 Å². The third-order valence-electron chi connectivity index (χ3n) is 4.87. The maximum absolute atomic E-state index is 13.3. The number of methoxy groups -OCH3 is 1. The molecular formula is C19H20N4O3. The number of nitrogens with zero attached hydrogens (tertiary/aromatic N) is 4. The highest BCUT2D eigenvalue weighted by molar-refractivity contribution is 5.96. The second kappa shape index (κ2) is 6.33. The highest BCUT2D eigenvalue weighted by atomic mass is 16.5. The van der Waals surface area contributed by atoms with E-state index in [1.54, 1.807) is 27.2 Å². The molecule has 7 nitrogen and oxygen atoms in total. The van der Waals surface area contributed by atoms with Crippen molar-refractivity contribution in [2.45, 2.75) is 33.0 Å². The molecule has 1 aliphatic rings. The van der Waals surface area contributed by atoms with Gasteiger partial charge in [-0.2, -0.15) is 0 Å². The fourth-order valence-electron chi connectivity index (χ4n) is 3.46. The number of aromatic nitrogens is 3. The zero-order valence-electron chi connectivity index (χ0n) is 15.0. The Kier molecular flexibility index (Phi) is 3.99. The number of benzene rings is 1. The Labute approximate surface area is 151 Å². The highest BCUT2D eigenvalue weighted by Crippen LogP contribution is 2.32. The molecule has 0 radical (unpaired) electrons. The number of rotatable bonds is 3. The summed E-state index contributed by atoms with van der Waals surface area (Å²) in [6.45, 7) is 4.64. The molecule has 0 spiro atoms. The van der Waals surface area contributed by atoms with Gasteiger partial charge in [0.15, 0.2) is 0 Å². The molecule has 1 atom stereocenters. The van der Waals surface area contributed by atoms with Crippen LogP contribution in [0, 0.1) is 13.8 Å². The SMILES string of the molecule is COc1ccc([C@@H]2Cn3ccnc3CN2C(=O)c2c(C)noc2C)cc1. The van der Waals surface area contributed by atoms with E-state index < -0.39 is 0 Å². The summed E-state index contributed by atoms with van der Waals surface area (Å²) in [6, 6.07) is 7.72. The molecule has 3 heterocycles. The van der Waals surface area contributed by atoms with E-state index in [4.69, 9.17) is 9.26 Å². The van der Waals surface area contributed by atoms with E-state index in [-0.39, 0.29) is 11.9 Å².